The van der Waals surface area contributed by atoms with Gasteiger partial charge in [0.15, 0.2) is 0 Å². The van der Waals surface area contributed by atoms with Gasteiger partial charge in [0.05, 0.1) is 23.2 Å². The van der Waals surface area contributed by atoms with Crippen LogP contribution in [-0.4, -0.2) is 31.3 Å². The zero-order valence-corrected chi connectivity index (χ0v) is 19.1. The maximum absolute atomic E-state index is 5.82. The second-order valence-corrected chi connectivity index (χ2v) is 8.99. The van der Waals surface area contributed by atoms with E-state index in [4.69, 9.17) is 20.9 Å². The highest BCUT2D eigenvalue weighted by atomic mass is 32.1. The molecule has 4 nitrogen and oxygen atoms in total. The van der Waals surface area contributed by atoms with Gasteiger partial charge < -0.3 is 14.8 Å². The Bertz CT molecular complexity index is 1100. The Morgan fingerprint density at radius 2 is 2.16 bits per heavy atom. The van der Waals surface area contributed by atoms with Gasteiger partial charge in [-0.15, -0.1) is 17.8 Å². The number of nitrogens with zero attached hydrogens (tertiary/aromatic N) is 1. The normalized spacial score (nSPS) is 15.1. The molecule has 0 amide bonds. The molecule has 2 aromatic carbocycles. The molecule has 1 aromatic heterocycles. The summed E-state index contributed by atoms with van der Waals surface area (Å²) in [6.07, 6.45) is 9.98. The predicted molar refractivity (Wildman–Crippen MR) is 128 cm³/mol. The largest absolute Gasteiger partial charge is 0.490 e. The van der Waals surface area contributed by atoms with Gasteiger partial charge in [0.1, 0.15) is 10.8 Å². The van der Waals surface area contributed by atoms with E-state index >= 15 is 0 Å². The number of ether oxygens (including phenoxy) is 2. The third kappa shape index (κ3) is 4.67. The van der Waals surface area contributed by atoms with Gasteiger partial charge in [-0.05, 0) is 61.6 Å². The van der Waals surface area contributed by atoms with E-state index in [-0.39, 0.29) is 6.10 Å². The van der Waals surface area contributed by atoms with Crippen LogP contribution >= 0.6 is 11.3 Å². The number of nitrogens with one attached hydrogen (secondary N) is 1. The van der Waals surface area contributed by atoms with Crippen LogP contribution in [0.25, 0.3) is 21.0 Å². The predicted octanol–water partition coefficient (Wildman–Crippen LogP) is 5.47. The number of aromatic nitrogens is 1. The summed E-state index contributed by atoms with van der Waals surface area (Å²) >= 11 is 1.71. The molecule has 0 radical (unpaired) electrons. The summed E-state index contributed by atoms with van der Waals surface area (Å²) in [5.74, 6) is 3.49. The first-order valence-electron chi connectivity index (χ1n) is 10.7. The minimum Gasteiger partial charge on any atom is -0.490 e. The summed E-state index contributed by atoms with van der Waals surface area (Å²) in [6, 6.07) is 13.0. The molecular formula is C26H28N2O2S. The van der Waals surface area contributed by atoms with Crippen LogP contribution in [0.15, 0.2) is 42.6 Å². The maximum atomic E-state index is 5.82. The molecule has 0 spiro atoms. The van der Waals surface area contributed by atoms with E-state index in [1.54, 1.807) is 18.4 Å². The number of fused-ring (bicyclic) bond motifs is 1. The Hall–Kier alpha value is -2.65. The van der Waals surface area contributed by atoms with E-state index in [2.05, 4.69) is 29.4 Å². The lowest BCUT2D eigenvalue weighted by molar-refractivity contribution is 0.195. The first kappa shape index (κ1) is 21.6. The van der Waals surface area contributed by atoms with Crippen LogP contribution in [0.2, 0.25) is 0 Å². The summed E-state index contributed by atoms with van der Waals surface area (Å²) in [5, 5.41) is 4.58. The Balaban J connectivity index is 1.60. The van der Waals surface area contributed by atoms with Crippen LogP contribution in [0.1, 0.15) is 43.0 Å². The van der Waals surface area contributed by atoms with Gasteiger partial charge >= 0.3 is 0 Å². The van der Waals surface area contributed by atoms with Crippen LogP contribution in [0.3, 0.4) is 0 Å². The lowest BCUT2D eigenvalue weighted by Gasteiger charge is -2.14. The van der Waals surface area contributed by atoms with Crippen LogP contribution in [-0.2, 0) is 11.2 Å². The van der Waals surface area contributed by atoms with Crippen molar-refractivity contribution >= 4 is 11.3 Å². The number of thiazole rings is 1. The zero-order chi connectivity index (χ0) is 21.8. The molecule has 1 heterocycles. The topological polar surface area (TPSA) is 43.4 Å². The van der Waals surface area contributed by atoms with Crippen molar-refractivity contribution < 1.29 is 9.47 Å². The molecule has 3 aromatic rings. The molecule has 0 aliphatic heterocycles. The first-order chi connectivity index (χ1) is 15.1. The Morgan fingerprint density at radius 3 is 2.94 bits per heavy atom. The van der Waals surface area contributed by atoms with E-state index in [0.29, 0.717) is 6.04 Å². The van der Waals surface area contributed by atoms with Gasteiger partial charge in [0.25, 0.3) is 0 Å². The van der Waals surface area contributed by atoms with Crippen molar-refractivity contribution in [1.29, 1.82) is 0 Å². The molecule has 0 saturated carbocycles. The quantitative estimate of drug-likeness (QED) is 0.379. The number of methoxy groups -OCH3 is 1. The number of rotatable bonds is 8. The molecule has 0 saturated heterocycles. The third-order valence-electron chi connectivity index (χ3n) is 5.48. The molecule has 1 atom stereocenters. The van der Waals surface area contributed by atoms with Crippen molar-refractivity contribution in [1.82, 2.24) is 10.3 Å². The van der Waals surface area contributed by atoms with Gasteiger partial charge in [-0.2, -0.15) is 0 Å². The summed E-state index contributed by atoms with van der Waals surface area (Å²) in [7, 11) is 1.74. The summed E-state index contributed by atoms with van der Waals surface area (Å²) < 4.78 is 11.0. The summed E-state index contributed by atoms with van der Waals surface area (Å²) in [6.45, 7) is 5.59. The van der Waals surface area contributed by atoms with Crippen LogP contribution in [0.5, 0.6) is 5.75 Å². The van der Waals surface area contributed by atoms with E-state index in [9.17, 15) is 0 Å². The van der Waals surface area contributed by atoms with E-state index in [0.717, 1.165) is 47.9 Å². The Labute approximate surface area is 188 Å². The minimum atomic E-state index is 0.0809. The van der Waals surface area contributed by atoms with Crippen molar-refractivity contribution in [2.24, 2.45) is 0 Å². The highest BCUT2D eigenvalue weighted by Gasteiger charge is 2.25. The maximum Gasteiger partial charge on any atom is 0.135 e. The fourth-order valence-corrected chi connectivity index (χ4v) is 5.06. The van der Waals surface area contributed by atoms with Crippen molar-refractivity contribution in [2.75, 3.05) is 20.3 Å². The molecule has 0 fully saturated rings. The molecule has 31 heavy (non-hydrogen) atoms. The smallest absolute Gasteiger partial charge is 0.135 e. The highest BCUT2D eigenvalue weighted by molar-refractivity contribution is 7.18. The van der Waals surface area contributed by atoms with Gasteiger partial charge in [-0.25, -0.2) is 4.98 Å². The zero-order valence-electron chi connectivity index (χ0n) is 18.3. The lowest BCUT2D eigenvalue weighted by Crippen LogP contribution is -2.23. The number of hydrogen-bond donors (Lipinski definition) is 1. The molecule has 1 unspecified atom stereocenters. The summed E-state index contributed by atoms with van der Waals surface area (Å²) in [4.78, 5) is 5.90. The number of terminal acetylenes is 1. The second kappa shape index (κ2) is 9.65. The summed E-state index contributed by atoms with van der Waals surface area (Å²) in [5.41, 5.74) is 5.89. The van der Waals surface area contributed by atoms with E-state index in [1.807, 2.05) is 38.2 Å². The fraction of sp³-hybridized carbons (Fsp3) is 0.346. The number of hydrogen-bond acceptors (Lipinski definition) is 5. The SMILES string of the molecule is C#Cc1cc(-c2ncc(-c3cccc4c3CCC4NCCOC)s2)ccc1OC(C)C. The highest BCUT2D eigenvalue weighted by Crippen LogP contribution is 2.41. The molecule has 5 heteroatoms. The van der Waals surface area contributed by atoms with E-state index in [1.165, 1.54) is 21.6 Å². The second-order valence-electron chi connectivity index (χ2n) is 7.96. The molecule has 4 rings (SSSR count). The van der Waals surface area contributed by atoms with Gasteiger partial charge in [0.2, 0.25) is 0 Å². The molecule has 1 aliphatic rings. The minimum absolute atomic E-state index is 0.0809. The van der Waals surface area contributed by atoms with Crippen molar-refractivity contribution in [3.63, 3.8) is 0 Å². The van der Waals surface area contributed by atoms with Crippen LogP contribution in [0, 0.1) is 12.3 Å². The van der Waals surface area contributed by atoms with Gasteiger partial charge in [-0.1, -0.05) is 24.1 Å². The van der Waals surface area contributed by atoms with Crippen LogP contribution < -0.4 is 10.1 Å². The molecular weight excluding hydrogens is 404 g/mol. The average molecular weight is 433 g/mol. The fourth-order valence-electron chi connectivity index (χ4n) is 4.10. The van der Waals surface area contributed by atoms with E-state index < -0.39 is 0 Å². The Morgan fingerprint density at radius 1 is 1.29 bits per heavy atom. The molecule has 1 aliphatic carbocycles. The van der Waals surface area contributed by atoms with Crippen molar-refractivity contribution in [2.45, 2.75) is 38.8 Å². The van der Waals surface area contributed by atoms with Gasteiger partial charge in [0, 0.05) is 31.5 Å². The molecule has 1 N–H and O–H groups in total. The number of benzene rings is 2. The van der Waals surface area contributed by atoms with Crippen LogP contribution in [0.4, 0.5) is 0 Å². The molecule has 160 valence electrons. The third-order valence-corrected chi connectivity index (χ3v) is 6.56. The van der Waals surface area contributed by atoms with Gasteiger partial charge in [-0.3, -0.25) is 0 Å². The molecule has 0 bridgehead atoms. The lowest BCUT2D eigenvalue weighted by atomic mass is 10.0. The van der Waals surface area contributed by atoms with Crippen molar-refractivity contribution in [3.8, 4) is 39.1 Å². The van der Waals surface area contributed by atoms with Crippen molar-refractivity contribution in [3.05, 3.63) is 59.3 Å². The average Bonchev–Trinajstić information content (AvgIpc) is 3.41. The first-order valence-corrected chi connectivity index (χ1v) is 11.5. The monoisotopic (exact) mass is 432 g/mol. The standard InChI is InChI=1S/C26H28N2O2S/c1-5-18-15-19(9-12-24(18)30-17(2)3)26-28-16-25(31-26)22-8-6-7-21-20(22)10-11-23(21)27-13-14-29-4/h1,6-9,12,15-17,23,27H,10-11,13-14H2,2-4H3. The Kier molecular flexibility index (Phi) is 6.72.